The lowest BCUT2D eigenvalue weighted by Crippen LogP contribution is -2.23. The minimum atomic E-state index is -3.58. The summed E-state index contributed by atoms with van der Waals surface area (Å²) in [6.07, 6.45) is 0.805. The third-order valence-corrected chi connectivity index (χ3v) is 6.56. The molecule has 1 N–H and O–H groups in total. The maximum absolute atomic E-state index is 12.5. The Bertz CT molecular complexity index is 1020. The van der Waals surface area contributed by atoms with Gasteiger partial charge in [0.15, 0.2) is 11.5 Å². The van der Waals surface area contributed by atoms with Gasteiger partial charge in [-0.05, 0) is 61.2 Å². The lowest BCUT2D eigenvalue weighted by atomic mass is 10.1. The van der Waals surface area contributed by atoms with Crippen LogP contribution >= 0.6 is 0 Å². The monoisotopic (exact) mass is 404 g/mol. The summed E-state index contributed by atoms with van der Waals surface area (Å²) in [5.41, 5.74) is 3.12. The third kappa shape index (κ3) is 4.13. The quantitative estimate of drug-likeness (QED) is 0.800. The van der Waals surface area contributed by atoms with Crippen molar-refractivity contribution < 1.29 is 22.7 Å². The number of benzene rings is 2. The number of nitrogens with zero attached hydrogens (tertiary/aromatic N) is 1. The van der Waals surface area contributed by atoms with Gasteiger partial charge in [0.1, 0.15) is 0 Å². The predicted octanol–water partition coefficient (Wildman–Crippen LogP) is 2.85. The molecule has 1 aliphatic rings. The number of nitrogens with one attached hydrogen (secondary N) is 1. The summed E-state index contributed by atoms with van der Waals surface area (Å²) in [5, 5.41) is 2.85. The average molecular weight is 404 g/mol. The summed E-state index contributed by atoms with van der Waals surface area (Å²) in [6.45, 7) is 3.89. The second kappa shape index (κ2) is 7.81. The van der Waals surface area contributed by atoms with Crippen LogP contribution in [0.5, 0.6) is 11.5 Å². The number of carbonyl (C=O) groups is 1. The number of amides is 1. The molecule has 0 saturated carbocycles. The van der Waals surface area contributed by atoms with Gasteiger partial charge in [0, 0.05) is 26.2 Å². The first-order valence-corrected chi connectivity index (χ1v) is 10.3. The van der Waals surface area contributed by atoms with E-state index in [1.54, 1.807) is 6.07 Å². The van der Waals surface area contributed by atoms with Gasteiger partial charge in [-0.3, -0.25) is 4.79 Å². The minimum absolute atomic E-state index is 0.159. The molecule has 0 spiro atoms. The van der Waals surface area contributed by atoms with Crippen LogP contribution in [-0.2, 0) is 21.2 Å². The maximum atomic E-state index is 12.5. The fraction of sp³-hybridized carbons (Fsp3) is 0.350. The Morgan fingerprint density at radius 3 is 2.54 bits per heavy atom. The SMILES string of the molecule is Cc1cc(S(=O)(=O)N(C)C)cc(NC(=O)CCc2ccc3c(c2)OCO3)c1C. The Morgan fingerprint density at radius 1 is 1.11 bits per heavy atom. The van der Waals surface area contributed by atoms with E-state index in [0.717, 1.165) is 21.0 Å². The van der Waals surface area contributed by atoms with Gasteiger partial charge in [-0.15, -0.1) is 0 Å². The van der Waals surface area contributed by atoms with Crippen molar-refractivity contribution in [3.05, 3.63) is 47.0 Å². The number of carbonyl (C=O) groups excluding carboxylic acids is 1. The molecule has 1 heterocycles. The van der Waals surface area contributed by atoms with Crippen molar-refractivity contribution in [2.45, 2.75) is 31.6 Å². The van der Waals surface area contributed by atoms with E-state index in [4.69, 9.17) is 9.47 Å². The Labute approximate surface area is 165 Å². The molecule has 2 aromatic rings. The number of fused-ring (bicyclic) bond motifs is 1. The highest BCUT2D eigenvalue weighted by Gasteiger charge is 2.20. The van der Waals surface area contributed by atoms with Crippen LogP contribution in [0.3, 0.4) is 0 Å². The standard InChI is InChI=1S/C20H24N2O5S/c1-13-9-16(28(24,25)22(3)4)11-17(14(13)2)21-20(23)8-6-15-5-7-18-19(10-15)27-12-26-18/h5,7,9-11H,6,8,12H2,1-4H3,(H,21,23). The van der Waals surface area contributed by atoms with E-state index in [1.807, 2.05) is 32.0 Å². The van der Waals surface area contributed by atoms with Crippen LogP contribution < -0.4 is 14.8 Å². The smallest absolute Gasteiger partial charge is 0.242 e. The summed E-state index contributed by atoms with van der Waals surface area (Å²) in [6, 6.07) is 8.73. The largest absolute Gasteiger partial charge is 0.454 e. The Morgan fingerprint density at radius 2 is 1.82 bits per heavy atom. The van der Waals surface area contributed by atoms with Gasteiger partial charge in [0.05, 0.1) is 4.90 Å². The number of sulfonamides is 1. The first-order valence-electron chi connectivity index (χ1n) is 8.90. The van der Waals surface area contributed by atoms with Crippen LogP contribution in [0.15, 0.2) is 35.2 Å². The normalized spacial score (nSPS) is 13.0. The maximum Gasteiger partial charge on any atom is 0.242 e. The second-order valence-electron chi connectivity index (χ2n) is 6.94. The van der Waals surface area contributed by atoms with E-state index >= 15 is 0 Å². The lowest BCUT2D eigenvalue weighted by molar-refractivity contribution is -0.116. The van der Waals surface area contributed by atoms with Crippen molar-refractivity contribution in [1.82, 2.24) is 4.31 Å². The molecule has 0 radical (unpaired) electrons. The van der Waals surface area contributed by atoms with Gasteiger partial charge >= 0.3 is 0 Å². The second-order valence-corrected chi connectivity index (χ2v) is 9.09. The Kier molecular flexibility index (Phi) is 5.62. The summed E-state index contributed by atoms with van der Waals surface area (Å²) >= 11 is 0. The van der Waals surface area contributed by atoms with E-state index in [2.05, 4.69) is 5.32 Å². The molecule has 2 aromatic carbocycles. The van der Waals surface area contributed by atoms with Gasteiger partial charge in [-0.1, -0.05) is 6.07 Å². The predicted molar refractivity (Wildman–Crippen MR) is 106 cm³/mol. The van der Waals surface area contributed by atoms with E-state index in [1.165, 1.54) is 20.2 Å². The van der Waals surface area contributed by atoms with E-state index < -0.39 is 10.0 Å². The molecule has 1 aliphatic heterocycles. The highest BCUT2D eigenvalue weighted by Crippen LogP contribution is 2.33. The molecule has 150 valence electrons. The third-order valence-electron chi connectivity index (χ3n) is 4.77. The Hall–Kier alpha value is -2.58. The van der Waals surface area contributed by atoms with Crippen molar-refractivity contribution in [1.29, 1.82) is 0 Å². The molecule has 0 unspecified atom stereocenters. The van der Waals surface area contributed by atoms with Crippen LogP contribution in [0.1, 0.15) is 23.1 Å². The van der Waals surface area contributed by atoms with Gasteiger partial charge in [0.25, 0.3) is 0 Å². The number of ether oxygens (including phenoxy) is 2. The van der Waals surface area contributed by atoms with Gasteiger partial charge in [0.2, 0.25) is 22.7 Å². The van der Waals surface area contributed by atoms with Crippen LogP contribution in [0.25, 0.3) is 0 Å². The molecule has 0 atom stereocenters. The summed E-state index contributed by atoms with van der Waals surface area (Å²) < 4.78 is 36.6. The molecule has 8 heteroatoms. The van der Waals surface area contributed by atoms with Crippen LogP contribution in [0, 0.1) is 13.8 Å². The zero-order valence-electron chi connectivity index (χ0n) is 16.4. The molecule has 0 saturated heterocycles. The van der Waals surface area contributed by atoms with E-state index in [-0.39, 0.29) is 24.0 Å². The van der Waals surface area contributed by atoms with Crippen molar-refractivity contribution >= 4 is 21.6 Å². The molecular weight excluding hydrogens is 380 g/mol. The zero-order valence-corrected chi connectivity index (χ0v) is 17.2. The number of anilines is 1. The average Bonchev–Trinajstić information content (AvgIpc) is 3.11. The number of hydrogen-bond acceptors (Lipinski definition) is 5. The molecule has 1 amide bonds. The molecule has 28 heavy (non-hydrogen) atoms. The van der Waals surface area contributed by atoms with Crippen molar-refractivity contribution in [3.63, 3.8) is 0 Å². The van der Waals surface area contributed by atoms with Gasteiger partial charge < -0.3 is 14.8 Å². The topological polar surface area (TPSA) is 84.9 Å². The molecule has 0 bridgehead atoms. The van der Waals surface area contributed by atoms with Gasteiger partial charge in [-0.25, -0.2) is 12.7 Å². The lowest BCUT2D eigenvalue weighted by Gasteiger charge is -2.16. The van der Waals surface area contributed by atoms with Crippen molar-refractivity contribution in [2.24, 2.45) is 0 Å². The first kappa shape index (κ1) is 20.2. The fourth-order valence-corrected chi connectivity index (χ4v) is 3.90. The van der Waals surface area contributed by atoms with Gasteiger partial charge in [-0.2, -0.15) is 0 Å². The van der Waals surface area contributed by atoms with Crippen LogP contribution in [-0.4, -0.2) is 39.5 Å². The summed E-state index contributed by atoms with van der Waals surface area (Å²) in [4.78, 5) is 12.6. The van der Waals surface area contributed by atoms with Crippen LogP contribution in [0.4, 0.5) is 5.69 Å². The number of hydrogen-bond donors (Lipinski definition) is 1. The Balaban J connectivity index is 1.72. The van der Waals surface area contributed by atoms with E-state index in [9.17, 15) is 13.2 Å². The van der Waals surface area contributed by atoms with Crippen molar-refractivity contribution in [2.75, 3.05) is 26.2 Å². The highest BCUT2D eigenvalue weighted by molar-refractivity contribution is 7.89. The molecule has 3 rings (SSSR count). The molecule has 7 nitrogen and oxygen atoms in total. The summed E-state index contributed by atoms with van der Waals surface area (Å²) in [5.74, 6) is 1.21. The summed E-state index contributed by atoms with van der Waals surface area (Å²) in [7, 11) is -0.619. The van der Waals surface area contributed by atoms with Crippen LogP contribution in [0.2, 0.25) is 0 Å². The molecule has 0 aromatic heterocycles. The highest BCUT2D eigenvalue weighted by atomic mass is 32.2. The zero-order chi connectivity index (χ0) is 20.5. The van der Waals surface area contributed by atoms with E-state index in [0.29, 0.717) is 23.6 Å². The fourth-order valence-electron chi connectivity index (χ4n) is 2.88. The molecule has 0 aliphatic carbocycles. The molecule has 0 fully saturated rings. The first-order chi connectivity index (χ1) is 13.2. The number of aryl methyl sites for hydroxylation is 2. The number of rotatable bonds is 6. The van der Waals surface area contributed by atoms with Crippen molar-refractivity contribution in [3.8, 4) is 11.5 Å². The molecular formula is C20H24N2O5S. The minimum Gasteiger partial charge on any atom is -0.454 e.